The monoisotopic (exact) mass is 305 g/mol. The van der Waals surface area contributed by atoms with Gasteiger partial charge in [0.15, 0.2) is 0 Å². The van der Waals surface area contributed by atoms with Crippen LogP contribution in [0.2, 0.25) is 0 Å². The molecule has 1 aromatic heterocycles. The second-order valence-electron chi connectivity index (χ2n) is 5.50. The normalized spacial score (nSPS) is 21.7. The van der Waals surface area contributed by atoms with Crippen LogP contribution < -0.4 is 5.32 Å². The molecule has 2 heterocycles. The van der Waals surface area contributed by atoms with Crippen molar-refractivity contribution in [3.63, 3.8) is 0 Å². The Morgan fingerprint density at radius 1 is 1.48 bits per heavy atom. The molecule has 1 atom stereocenters. The number of hydrogen-bond acceptors (Lipinski definition) is 4. The lowest BCUT2D eigenvalue weighted by Crippen LogP contribution is -2.37. The van der Waals surface area contributed by atoms with E-state index in [0.717, 1.165) is 10.2 Å². The van der Waals surface area contributed by atoms with Gasteiger partial charge in [-0.3, -0.25) is 4.79 Å². The van der Waals surface area contributed by atoms with Gasteiger partial charge in [-0.05, 0) is 31.5 Å². The molecule has 1 aliphatic heterocycles. The van der Waals surface area contributed by atoms with Crippen LogP contribution in [-0.4, -0.2) is 40.1 Å². The number of aromatic nitrogens is 1. The van der Waals surface area contributed by atoms with Gasteiger partial charge in [-0.15, -0.1) is 11.3 Å². The quantitative estimate of drug-likeness (QED) is 0.893. The van der Waals surface area contributed by atoms with E-state index in [1.165, 1.54) is 0 Å². The topological polar surface area (TPSA) is 82.5 Å². The first kappa shape index (κ1) is 13.8. The molecule has 7 heteroatoms. The number of nitrogens with zero attached hydrogens (tertiary/aromatic N) is 2. The standard InChI is InChI=1S/C14H15N3O3S/c1-14(12(18)19)4-5-17(7-14)13(20)16-9-2-3-11-10(6-9)15-8-21-11/h2-3,6,8H,4-5,7H2,1H3,(H,16,20)(H,18,19)/t14-/m1/s1. The minimum absolute atomic E-state index is 0.229. The fraction of sp³-hybridized carbons (Fsp3) is 0.357. The van der Waals surface area contributed by atoms with E-state index in [-0.39, 0.29) is 12.6 Å². The average Bonchev–Trinajstić information content (AvgIpc) is 3.05. The highest BCUT2D eigenvalue weighted by Crippen LogP contribution is 2.30. The van der Waals surface area contributed by atoms with E-state index < -0.39 is 11.4 Å². The molecule has 1 saturated heterocycles. The van der Waals surface area contributed by atoms with Crippen molar-refractivity contribution in [1.82, 2.24) is 9.88 Å². The highest BCUT2D eigenvalue weighted by molar-refractivity contribution is 7.16. The molecule has 21 heavy (non-hydrogen) atoms. The van der Waals surface area contributed by atoms with Gasteiger partial charge < -0.3 is 15.3 Å². The third-order valence-corrected chi connectivity index (χ3v) is 4.67. The maximum Gasteiger partial charge on any atom is 0.321 e. The summed E-state index contributed by atoms with van der Waals surface area (Å²) in [5, 5.41) is 12.0. The van der Waals surface area contributed by atoms with Gasteiger partial charge in [0.25, 0.3) is 0 Å². The fourth-order valence-electron chi connectivity index (χ4n) is 2.45. The smallest absolute Gasteiger partial charge is 0.321 e. The van der Waals surface area contributed by atoms with Crippen molar-refractivity contribution in [2.75, 3.05) is 18.4 Å². The Bertz CT molecular complexity index is 714. The number of anilines is 1. The predicted molar refractivity (Wildman–Crippen MR) is 80.6 cm³/mol. The van der Waals surface area contributed by atoms with E-state index in [1.54, 1.807) is 28.7 Å². The van der Waals surface area contributed by atoms with Gasteiger partial charge in [0, 0.05) is 18.8 Å². The molecule has 6 nitrogen and oxygen atoms in total. The molecule has 0 spiro atoms. The zero-order valence-electron chi connectivity index (χ0n) is 11.5. The van der Waals surface area contributed by atoms with Crippen molar-refractivity contribution in [3.8, 4) is 0 Å². The van der Waals surface area contributed by atoms with Crippen LogP contribution in [0, 0.1) is 5.41 Å². The largest absolute Gasteiger partial charge is 0.481 e. The maximum atomic E-state index is 12.2. The summed E-state index contributed by atoms with van der Waals surface area (Å²) in [6.45, 7) is 2.35. The van der Waals surface area contributed by atoms with E-state index in [2.05, 4.69) is 10.3 Å². The average molecular weight is 305 g/mol. The number of likely N-dealkylation sites (tertiary alicyclic amines) is 1. The molecule has 110 valence electrons. The van der Waals surface area contributed by atoms with E-state index >= 15 is 0 Å². The molecule has 1 aliphatic rings. The summed E-state index contributed by atoms with van der Waals surface area (Å²) in [4.78, 5) is 29.2. The van der Waals surface area contributed by atoms with Crippen molar-refractivity contribution in [1.29, 1.82) is 0 Å². The Kier molecular flexibility index (Phi) is 3.29. The SMILES string of the molecule is C[C@@]1(C(=O)O)CCN(C(=O)Nc2ccc3scnc3c2)C1. The van der Waals surface area contributed by atoms with Crippen LogP contribution in [0.3, 0.4) is 0 Å². The molecular weight excluding hydrogens is 290 g/mol. The first-order valence-corrected chi connectivity index (χ1v) is 7.48. The highest BCUT2D eigenvalue weighted by Gasteiger charge is 2.42. The van der Waals surface area contributed by atoms with E-state index in [0.29, 0.717) is 18.7 Å². The number of carbonyl (C=O) groups excluding carboxylic acids is 1. The van der Waals surface area contributed by atoms with Crippen molar-refractivity contribution in [3.05, 3.63) is 23.7 Å². The lowest BCUT2D eigenvalue weighted by atomic mass is 9.90. The van der Waals surface area contributed by atoms with Crippen LogP contribution >= 0.6 is 11.3 Å². The van der Waals surface area contributed by atoms with Gasteiger partial charge in [-0.2, -0.15) is 0 Å². The molecule has 0 radical (unpaired) electrons. The number of hydrogen-bond donors (Lipinski definition) is 2. The second-order valence-corrected chi connectivity index (χ2v) is 6.39. The van der Waals surface area contributed by atoms with Gasteiger partial charge in [0.2, 0.25) is 0 Å². The van der Waals surface area contributed by atoms with Crippen LogP contribution in [0.4, 0.5) is 10.5 Å². The highest BCUT2D eigenvalue weighted by atomic mass is 32.1. The van der Waals surface area contributed by atoms with Crippen molar-refractivity contribution < 1.29 is 14.7 Å². The van der Waals surface area contributed by atoms with E-state index in [9.17, 15) is 14.7 Å². The summed E-state index contributed by atoms with van der Waals surface area (Å²) >= 11 is 1.54. The lowest BCUT2D eigenvalue weighted by Gasteiger charge is -2.20. The summed E-state index contributed by atoms with van der Waals surface area (Å²) in [5.41, 5.74) is 2.42. The minimum atomic E-state index is -0.860. The van der Waals surface area contributed by atoms with Crippen LogP contribution in [0.1, 0.15) is 13.3 Å². The number of carboxylic acids is 1. The Balaban J connectivity index is 1.70. The van der Waals surface area contributed by atoms with Gasteiger partial charge >= 0.3 is 12.0 Å². The Morgan fingerprint density at radius 3 is 3.00 bits per heavy atom. The van der Waals surface area contributed by atoms with Crippen LogP contribution in [0.15, 0.2) is 23.7 Å². The Hall–Kier alpha value is -2.15. The number of nitrogens with one attached hydrogen (secondary N) is 1. The third-order valence-electron chi connectivity index (χ3n) is 3.86. The molecular formula is C14H15N3O3S. The number of aliphatic carboxylic acids is 1. The van der Waals surface area contributed by atoms with Gasteiger partial charge in [-0.1, -0.05) is 0 Å². The summed E-state index contributed by atoms with van der Waals surface area (Å²) in [6.07, 6.45) is 0.473. The first-order chi connectivity index (χ1) is 9.98. The number of carboxylic acid groups (broad SMARTS) is 1. The number of benzene rings is 1. The zero-order chi connectivity index (χ0) is 15.0. The molecule has 0 bridgehead atoms. The molecule has 2 aromatic rings. The maximum absolute atomic E-state index is 12.2. The van der Waals surface area contributed by atoms with E-state index in [4.69, 9.17) is 0 Å². The number of rotatable bonds is 2. The molecule has 1 aromatic carbocycles. The summed E-state index contributed by atoms with van der Waals surface area (Å²) in [6, 6.07) is 5.28. The summed E-state index contributed by atoms with van der Waals surface area (Å²) in [5.74, 6) is -0.860. The number of carbonyl (C=O) groups is 2. The Labute approximate surface area is 125 Å². The molecule has 0 unspecified atom stereocenters. The van der Waals surface area contributed by atoms with Gasteiger partial charge in [0.1, 0.15) is 0 Å². The van der Waals surface area contributed by atoms with Crippen molar-refractivity contribution >= 4 is 39.2 Å². The summed E-state index contributed by atoms with van der Waals surface area (Å²) in [7, 11) is 0. The minimum Gasteiger partial charge on any atom is -0.481 e. The molecule has 3 rings (SSSR count). The fourth-order valence-corrected chi connectivity index (χ4v) is 3.11. The number of fused-ring (bicyclic) bond motifs is 1. The van der Waals surface area contributed by atoms with Crippen LogP contribution in [0.5, 0.6) is 0 Å². The summed E-state index contributed by atoms with van der Waals surface area (Å²) < 4.78 is 1.06. The number of amides is 2. The van der Waals surface area contributed by atoms with E-state index in [1.807, 2.05) is 18.2 Å². The number of thiazole rings is 1. The second kappa shape index (κ2) is 5.00. The number of urea groups is 1. The zero-order valence-corrected chi connectivity index (χ0v) is 12.3. The van der Waals surface area contributed by atoms with Gasteiger partial charge in [-0.25, -0.2) is 9.78 Å². The molecule has 2 amide bonds. The lowest BCUT2D eigenvalue weighted by molar-refractivity contribution is -0.146. The predicted octanol–water partition coefficient (Wildman–Crippen LogP) is 2.62. The molecule has 1 fully saturated rings. The van der Waals surface area contributed by atoms with Crippen LogP contribution in [-0.2, 0) is 4.79 Å². The molecule has 2 N–H and O–H groups in total. The van der Waals surface area contributed by atoms with Gasteiger partial charge in [0.05, 0.1) is 21.1 Å². The third kappa shape index (κ3) is 2.56. The molecule has 0 saturated carbocycles. The molecule has 0 aliphatic carbocycles. The van der Waals surface area contributed by atoms with Crippen molar-refractivity contribution in [2.45, 2.75) is 13.3 Å². The first-order valence-electron chi connectivity index (χ1n) is 6.60. The van der Waals surface area contributed by atoms with Crippen LogP contribution in [0.25, 0.3) is 10.2 Å². The van der Waals surface area contributed by atoms with Crippen molar-refractivity contribution in [2.24, 2.45) is 5.41 Å². The Morgan fingerprint density at radius 2 is 2.29 bits per heavy atom.